The van der Waals surface area contributed by atoms with Gasteiger partial charge in [0.25, 0.3) is 5.91 Å². The van der Waals surface area contributed by atoms with Crippen LogP contribution in [0.1, 0.15) is 35.2 Å². The Bertz CT molecular complexity index is 724. The molecule has 2 aromatic heterocycles. The number of furan rings is 1. The van der Waals surface area contributed by atoms with Crippen LogP contribution in [-0.4, -0.2) is 59.1 Å². The Morgan fingerprint density at radius 3 is 2.77 bits per heavy atom. The molecule has 2 aromatic rings. The van der Waals surface area contributed by atoms with Gasteiger partial charge in [0.15, 0.2) is 0 Å². The predicted octanol–water partition coefficient (Wildman–Crippen LogP) is 2.57. The lowest BCUT2D eigenvalue weighted by Crippen LogP contribution is -2.47. The van der Waals surface area contributed by atoms with Gasteiger partial charge in [-0.05, 0) is 50.1 Å². The monoisotopic (exact) mass is 355 g/mol. The number of carbonyl (C=O) groups is 1. The molecule has 0 N–H and O–H groups in total. The van der Waals surface area contributed by atoms with Gasteiger partial charge in [-0.25, -0.2) is 0 Å². The summed E-state index contributed by atoms with van der Waals surface area (Å²) in [6, 6.07) is 6.26. The Balaban J connectivity index is 1.32. The summed E-state index contributed by atoms with van der Waals surface area (Å²) < 4.78 is 11.3. The van der Waals surface area contributed by atoms with Crippen molar-refractivity contribution < 1.29 is 13.9 Å². The van der Waals surface area contributed by atoms with E-state index in [1.807, 2.05) is 17.3 Å². The van der Waals surface area contributed by atoms with Crippen LogP contribution in [0.2, 0.25) is 0 Å². The number of pyridine rings is 1. The number of piperidine rings is 1. The molecule has 0 unspecified atom stereocenters. The minimum absolute atomic E-state index is 0.0537. The van der Waals surface area contributed by atoms with Crippen LogP contribution in [0.3, 0.4) is 0 Å². The fraction of sp³-hybridized carbons (Fsp3) is 0.500. The maximum absolute atomic E-state index is 12.5. The van der Waals surface area contributed by atoms with E-state index in [0.29, 0.717) is 11.6 Å². The maximum atomic E-state index is 12.5. The Morgan fingerprint density at radius 1 is 1.31 bits per heavy atom. The molecule has 2 aliphatic rings. The van der Waals surface area contributed by atoms with Gasteiger partial charge in [-0.15, -0.1) is 0 Å². The highest BCUT2D eigenvalue weighted by molar-refractivity contribution is 5.93. The van der Waals surface area contributed by atoms with E-state index in [2.05, 4.69) is 29.1 Å². The number of aromatic nitrogens is 1. The van der Waals surface area contributed by atoms with Gasteiger partial charge >= 0.3 is 0 Å². The zero-order chi connectivity index (χ0) is 18.0. The molecular formula is C20H25N3O3. The van der Waals surface area contributed by atoms with Crippen molar-refractivity contribution in [2.75, 3.05) is 26.7 Å². The predicted molar refractivity (Wildman–Crippen MR) is 96.6 cm³/mol. The summed E-state index contributed by atoms with van der Waals surface area (Å²) in [5.41, 5.74) is 1.82. The van der Waals surface area contributed by atoms with Crippen LogP contribution in [0.4, 0.5) is 0 Å². The second-order valence-electron chi connectivity index (χ2n) is 7.43. The van der Waals surface area contributed by atoms with Gasteiger partial charge in [0.2, 0.25) is 0 Å². The molecule has 138 valence electrons. The maximum Gasteiger partial charge on any atom is 0.257 e. The molecule has 1 atom stereocenters. The van der Waals surface area contributed by atoms with Gasteiger partial charge in [-0.1, -0.05) is 0 Å². The van der Waals surface area contributed by atoms with Gasteiger partial charge < -0.3 is 14.1 Å². The lowest BCUT2D eigenvalue weighted by molar-refractivity contribution is -0.0393. The molecule has 1 spiro atoms. The van der Waals surface area contributed by atoms with Crippen molar-refractivity contribution in [2.24, 2.45) is 0 Å². The van der Waals surface area contributed by atoms with E-state index in [9.17, 15) is 4.79 Å². The summed E-state index contributed by atoms with van der Waals surface area (Å²) in [5.74, 6) is 0.0537. The molecular weight excluding hydrogens is 330 g/mol. The number of hydrogen-bond acceptors (Lipinski definition) is 5. The minimum Gasteiger partial charge on any atom is -0.472 e. The normalized spacial score (nSPS) is 22.2. The molecule has 6 heteroatoms. The van der Waals surface area contributed by atoms with E-state index < -0.39 is 0 Å². The third-order valence-corrected chi connectivity index (χ3v) is 5.72. The van der Waals surface area contributed by atoms with Crippen LogP contribution >= 0.6 is 0 Å². The largest absolute Gasteiger partial charge is 0.472 e. The first kappa shape index (κ1) is 17.2. The first-order chi connectivity index (χ1) is 12.7. The number of hydrogen-bond donors (Lipinski definition) is 0. The summed E-state index contributed by atoms with van der Waals surface area (Å²) in [4.78, 5) is 20.8. The fourth-order valence-electron chi connectivity index (χ4n) is 4.04. The van der Waals surface area contributed by atoms with Crippen LogP contribution in [0.5, 0.6) is 0 Å². The SMILES string of the molecule is CN(Cc1ccncc1)[C@H]1COC2(CCN(C(=O)c3ccoc3)CC2)C1. The Morgan fingerprint density at radius 2 is 2.08 bits per heavy atom. The van der Waals surface area contributed by atoms with Crippen molar-refractivity contribution in [1.82, 2.24) is 14.8 Å². The zero-order valence-corrected chi connectivity index (χ0v) is 15.1. The van der Waals surface area contributed by atoms with Crippen LogP contribution in [-0.2, 0) is 11.3 Å². The van der Waals surface area contributed by atoms with Crippen LogP contribution in [0.15, 0.2) is 47.5 Å². The van der Waals surface area contributed by atoms with Gasteiger partial charge in [0, 0.05) is 38.1 Å². The lowest BCUT2D eigenvalue weighted by Gasteiger charge is -2.38. The Hall–Kier alpha value is -2.18. The summed E-state index contributed by atoms with van der Waals surface area (Å²) in [6.45, 7) is 3.14. The average Bonchev–Trinajstić information content (AvgIpc) is 3.33. The smallest absolute Gasteiger partial charge is 0.257 e. The number of ether oxygens (including phenoxy) is 1. The molecule has 26 heavy (non-hydrogen) atoms. The number of likely N-dealkylation sites (tertiary alicyclic amines) is 1. The van der Waals surface area contributed by atoms with Crippen molar-refractivity contribution in [3.8, 4) is 0 Å². The molecule has 1 amide bonds. The molecule has 0 aromatic carbocycles. The van der Waals surface area contributed by atoms with Crippen molar-refractivity contribution in [1.29, 1.82) is 0 Å². The highest BCUT2D eigenvalue weighted by atomic mass is 16.5. The quantitative estimate of drug-likeness (QED) is 0.844. The first-order valence-electron chi connectivity index (χ1n) is 9.20. The number of carbonyl (C=O) groups excluding carboxylic acids is 1. The Labute approximate surface area is 153 Å². The topological polar surface area (TPSA) is 58.8 Å². The van der Waals surface area contributed by atoms with Gasteiger partial charge in [0.05, 0.1) is 24.0 Å². The second-order valence-corrected chi connectivity index (χ2v) is 7.43. The van der Waals surface area contributed by atoms with E-state index in [-0.39, 0.29) is 11.5 Å². The number of rotatable bonds is 4. The fourth-order valence-corrected chi connectivity index (χ4v) is 4.04. The number of nitrogens with zero attached hydrogens (tertiary/aromatic N) is 3. The molecule has 0 aliphatic carbocycles. The molecule has 2 aliphatic heterocycles. The van der Waals surface area contributed by atoms with Crippen molar-refractivity contribution >= 4 is 5.91 Å². The van der Waals surface area contributed by atoms with E-state index in [1.54, 1.807) is 12.3 Å². The third-order valence-electron chi connectivity index (χ3n) is 5.72. The highest BCUT2D eigenvalue weighted by Crippen LogP contribution is 2.38. The first-order valence-corrected chi connectivity index (χ1v) is 9.20. The molecule has 2 saturated heterocycles. The van der Waals surface area contributed by atoms with Gasteiger partial charge in [0.1, 0.15) is 6.26 Å². The number of likely N-dealkylation sites (N-methyl/N-ethyl adjacent to an activating group) is 1. The van der Waals surface area contributed by atoms with E-state index in [4.69, 9.17) is 9.15 Å². The molecule has 4 rings (SSSR count). The molecule has 6 nitrogen and oxygen atoms in total. The van der Waals surface area contributed by atoms with E-state index in [1.165, 1.54) is 11.8 Å². The van der Waals surface area contributed by atoms with Crippen molar-refractivity contribution in [3.63, 3.8) is 0 Å². The van der Waals surface area contributed by atoms with E-state index >= 15 is 0 Å². The zero-order valence-electron chi connectivity index (χ0n) is 15.1. The second kappa shape index (κ2) is 7.21. The van der Waals surface area contributed by atoms with Crippen molar-refractivity contribution in [3.05, 3.63) is 54.2 Å². The van der Waals surface area contributed by atoms with E-state index in [0.717, 1.165) is 45.5 Å². The summed E-state index contributed by atoms with van der Waals surface area (Å²) in [5, 5.41) is 0. The number of amides is 1. The molecule has 0 saturated carbocycles. The van der Waals surface area contributed by atoms with Gasteiger partial charge in [-0.2, -0.15) is 0 Å². The lowest BCUT2D eigenvalue weighted by atomic mass is 9.87. The Kier molecular flexibility index (Phi) is 4.78. The van der Waals surface area contributed by atoms with Crippen LogP contribution in [0, 0.1) is 0 Å². The highest BCUT2D eigenvalue weighted by Gasteiger charge is 2.44. The summed E-state index contributed by atoms with van der Waals surface area (Å²) >= 11 is 0. The van der Waals surface area contributed by atoms with Gasteiger partial charge in [-0.3, -0.25) is 14.7 Å². The summed E-state index contributed by atoms with van der Waals surface area (Å²) in [7, 11) is 2.16. The third kappa shape index (κ3) is 3.52. The molecule has 2 fully saturated rings. The summed E-state index contributed by atoms with van der Waals surface area (Å²) in [6.07, 6.45) is 9.56. The molecule has 0 bridgehead atoms. The van der Waals surface area contributed by atoms with Crippen LogP contribution in [0.25, 0.3) is 0 Å². The van der Waals surface area contributed by atoms with Crippen molar-refractivity contribution in [2.45, 2.75) is 37.5 Å². The molecule has 4 heterocycles. The standard InChI is InChI=1S/C20H25N3O3/c1-22(13-16-2-7-21-8-3-16)18-12-20(26-15-18)5-9-23(10-6-20)19(24)17-4-11-25-14-17/h2-4,7-8,11,14,18H,5-6,9-10,12-13,15H2,1H3/t18-/m1/s1. The van der Waals surface area contributed by atoms with Crippen LogP contribution < -0.4 is 0 Å². The minimum atomic E-state index is -0.0790. The average molecular weight is 355 g/mol. The molecule has 0 radical (unpaired) electrons.